The molecule has 0 amide bonds. The molecule has 5 nitrogen and oxygen atoms in total. The number of benzene rings is 6. The van der Waals surface area contributed by atoms with E-state index in [1.807, 2.05) is 137 Å². The molecular weight excluding hydrogens is 963 g/mol. The standard InChI is InChI=1S/C48H42Br2Cl2F4O5/c1-47(2,35-21-23-37(49)41(51)43(35)60-45(53)54)39(27-29-13-11-19-33(25-29)57-31-15-7-5-8-16-31)59-40(28-30-14-12-20-34(26-30)58-32-17-9-6-10-18-32)48(3,4)36-22-24-38(50)42(52)44(36)61-46(55)56/h5-26,39-40,45-46H,27-28H2,1-4H3. The Labute approximate surface area is 380 Å². The van der Waals surface area contributed by atoms with Crippen molar-refractivity contribution in [1.29, 1.82) is 0 Å². The van der Waals surface area contributed by atoms with Crippen molar-refractivity contribution in [3.05, 3.63) is 175 Å². The maximum absolute atomic E-state index is 14.1. The Morgan fingerprint density at radius 3 is 1.21 bits per heavy atom. The van der Waals surface area contributed by atoms with Gasteiger partial charge in [0.05, 0.1) is 22.3 Å². The minimum absolute atomic E-state index is 0.0340. The van der Waals surface area contributed by atoms with Gasteiger partial charge in [-0.1, -0.05) is 124 Å². The summed E-state index contributed by atoms with van der Waals surface area (Å²) >= 11 is 20.1. The number of rotatable bonds is 18. The number of alkyl halides is 4. The van der Waals surface area contributed by atoms with Crippen LogP contribution in [0.1, 0.15) is 49.9 Å². The van der Waals surface area contributed by atoms with Gasteiger partial charge >= 0.3 is 13.2 Å². The Kier molecular flexibility index (Phi) is 15.4. The smallest absolute Gasteiger partial charge is 0.387 e. The van der Waals surface area contributed by atoms with Crippen LogP contribution in [-0.4, -0.2) is 25.4 Å². The summed E-state index contributed by atoms with van der Waals surface area (Å²) in [6.07, 6.45) is -1.19. The first kappa shape index (κ1) is 46.2. The van der Waals surface area contributed by atoms with Crippen molar-refractivity contribution in [2.75, 3.05) is 0 Å². The lowest BCUT2D eigenvalue weighted by Gasteiger charge is -2.43. The molecule has 61 heavy (non-hydrogen) atoms. The highest BCUT2D eigenvalue weighted by Crippen LogP contribution is 2.48. The first-order chi connectivity index (χ1) is 29.0. The molecule has 0 saturated heterocycles. The van der Waals surface area contributed by atoms with Crippen molar-refractivity contribution in [3.8, 4) is 34.5 Å². The molecule has 0 bridgehead atoms. The van der Waals surface area contributed by atoms with Gasteiger partial charge < -0.3 is 23.7 Å². The molecule has 0 N–H and O–H groups in total. The summed E-state index contributed by atoms with van der Waals surface area (Å²) in [7, 11) is 0. The zero-order valence-corrected chi connectivity index (χ0v) is 38.2. The summed E-state index contributed by atoms with van der Waals surface area (Å²) in [5, 5.41) is -0.0680. The van der Waals surface area contributed by atoms with E-state index in [4.69, 9.17) is 46.9 Å². The summed E-state index contributed by atoms with van der Waals surface area (Å²) in [6.45, 7) is 1.08. The van der Waals surface area contributed by atoms with Gasteiger partial charge in [-0.25, -0.2) is 0 Å². The fraction of sp³-hybridized carbons (Fsp3) is 0.250. The molecule has 0 aromatic heterocycles. The molecular formula is C48H42Br2Cl2F4O5. The predicted octanol–water partition coefficient (Wildman–Crippen LogP) is 15.8. The van der Waals surface area contributed by atoms with Gasteiger partial charge in [-0.2, -0.15) is 17.6 Å². The van der Waals surface area contributed by atoms with Crippen LogP contribution in [0.4, 0.5) is 17.6 Å². The number of ether oxygens (including phenoxy) is 5. The number of hydrogen-bond acceptors (Lipinski definition) is 5. The largest absolute Gasteiger partial charge is 0.457 e. The molecule has 0 aliphatic carbocycles. The Balaban J connectivity index is 1.50. The summed E-state index contributed by atoms with van der Waals surface area (Å²) in [4.78, 5) is 0. The van der Waals surface area contributed by atoms with Gasteiger partial charge in [0.1, 0.15) is 34.5 Å². The average Bonchev–Trinajstić information content (AvgIpc) is 3.21. The van der Waals surface area contributed by atoms with Crippen molar-refractivity contribution >= 4 is 55.1 Å². The van der Waals surface area contributed by atoms with E-state index in [1.165, 1.54) is 0 Å². The highest BCUT2D eigenvalue weighted by molar-refractivity contribution is 9.10. The van der Waals surface area contributed by atoms with E-state index in [0.717, 1.165) is 11.1 Å². The van der Waals surface area contributed by atoms with Crippen molar-refractivity contribution in [2.24, 2.45) is 0 Å². The second-order valence-corrected chi connectivity index (χ2v) is 17.8. The zero-order valence-electron chi connectivity index (χ0n) is 33.5. The Morgan fingerprint density at radius 2 is 0.852 bits per heavy atom. The zero-order chi connectivity index (χ0) is 43.9. The van der Waals surface area contributed by atoms with Gasteiger partial charge in [0, 0.05) is 30.9 Å². The van der Waals surface area contributed by atoms with Crippen LogP contribution in [0.3, 0.4) is 0 Å². The molecule has 2 atom stereocenters. The first-order valence-electron chi connectivity index (χ1n) is 19.2. The van der Waals surface area contributed by atoms with Crippen LogP contribution in [0.25, 0.3) is 0 Å². The van der Waals surface area contributed by atoms with Gasteiger partial charge in [-0.15, -0.1) is 0 Å². The summed E-state index contributed by atoms with van der Waals surface area (Å²) in [5.41, 5.74) is 0.0779. The maximum atomic E-state index is 14.1. The summed E-state index contributed by atoms with van der Waals surface area (Å²) < 4.78 is 87.1. The van der Waals surface area contributed by atoms with Gasteiger partial charge in [0.15, 0.2) is 0 Å². The molecule has 320 valence electrons. The number of hydrogen-bond donors (Lipinski definition) is 0. The second-order valence-electron chi connectivity index (χ2n) is 15.3. The molecule has 13 heteroatoms. The van der Waals surface area contributed by atoms with E-state index in [9.17, 15) is 17.6 Å². The lowest BCUT2D eigenvalue weighted by atomic mass is 9.74. The molecule has 6 aromatic carbocycles. The fourth-order valence-corrected chi connectivity index (χ4v) is 8.17. The molecule has 0 aliphatic heterocycles. The van der Waals surface area contributed by atoms with E-state index in [2.05, 4.69) is 31.9 Å². The van der Waals surface area contributed by atoms with Gasteiger partial charge in [0.25, 0.3) is 0 Å². The second kappa shape index (κ2) is 20.3. The fourth-order valence-electron chi connectivity index (χ4n) is 7.13. The third-order valence-corrected chi connectivity index (χ3v) is 13.0. The van der Waals surface area contributed by atoms with Crippen LogP contribution >= 0.6 is 55.1 Å². The van der Waals surface area contributed by atoms with Crippen molar-refractivity contribution < 1.29 is 41.2 Å². The van der Waals surface area contributed by atoms with Gasteiger partial charge in [-0.05, 0) is 116 Å². The lowest BCUT2D eigenvalue weighted by Crippen LogP contribution is -2.47. The van der Waals surface area contributed by atoms with E-state index >= 15 is 0 Å². The Bertz CT molecular complexity index is 2240. The van der Waals surface area contributed by atoms with Crippen LogP contribution in [0.2, 0.25) is 10.0 Å². The van der Waals surface area contributed by atoms with Crippen LogP contribution < -0.4 is 18.9 Å². The van der Waals surface area contributed by atoms with Crippen molar-refractivity contribution in [1.82, 2.24) is 0 Å². The van der Waals surface area contributed by atoms with Gasteiger partial charge in [-0.3, -0.25) is 0 Å². The van der Waals surface area contributed by atoms with Gasteiger partial charge in [0.2, 0.25) is 0 Å². The normalized spacial score (nSPS) is 13.0. The van der Waals surface area contributed by atoms with Crippen LogP contribution in [0, 0.1) is 0 Å². The first-order valence-corrected chi connectivity index (χ1v) is 21.5. The Hall–Kier alpha value is -4.26. The molecule has 2 unspecified atom stereocenters. The summed E-state index contributed by atoms with van der Waals surface area (Å²) in [5.74, 6) is 2.00. The minimum atomic E-state index is -3.18. The molecule has 0 aliphatic rings. The minimum Gasteiger partial charge on any atom is -0.457 e. The van der Waals surface area contributed by atoms with Crippen LogP contribution in [-0.2, 0) is 28.4 Å². The molecule has 0 radical (unpaired) electrons. The van der Waals surface area contributed by atoms with Crippen molar-refractivity contribution in [3.63, 3.8) is 0 Å². The predicted molar refractivity (Wildman–Crippen MR) is 240 cm³/mol. The van der Waals surface area contributed by atoms with Crippen LogP contribution in [0.15, 0.2) is 142 Å². The molecule has 6 aromatic rings. The van der Waals surface area contributed by atoms with E-state index in [-0.39, 0.29) is 34.4 Å². The highest BCUT2D eigenvalue weighted by Gasteiger charge is 2.43. The summed E-state index contributed by atoms with van der Waals surface area (Å²) in [6, 6.07) is 40.3. The molecule has 0 spiro atoms. The number of halogens is 8. The van der Waals surface area contributed by atoms with Crippen LogP contribution in [0.5, 0.6) is 34.5 Å². The third kappa shape index (κ3) is 11.6. The van der Waals surface area contributed by atoms with Crippen molar-refractivity contribution in [2.45, 2.75) is 76.8 Å². The monoisotopic (exact) mass is 1000 g/mol. The Morgan fingerprint density at radius 1 is 0.492 bits per heavy atom. The highest BCUT2D eigenvalue weighted by atomic mass is 79.9. The van der Waals surface area contributed by atoms with E-state index < -0.39 is 36.3 Å². The number of para-hydroxylation sites is 2. The van der Waals surface area contributed by atoms with E-state index in [0.29, 0.717) is 43.1 Å². The molecule has 0 fully saturated rings. The quantitative estimate of drug-likeness (QED) is 0.0803. The molecule has 0 saturated carbocycles. The third-order valence-electron chi connectivity index (χ3n) is 10.4. The SMILES string of the molecule is CC(C)(c1ccc(Br)c(Cl)c1OC(F)F)C(Cc1cccc(Oc2ccccc2)c1)OC(Cc1cccc(Oc2ccccc2)c1)C(C)(C)c1ccc(Br)c(Cl)c1OC(F)F. The molecule has 0 heterocycles. The average molecular weight is 1010 g/mol. The molecule has 6 rings (SSSR count). The van der Waals surface area contributed by atoms with E-state index in [1.54, 1.807) is 24.3 Å². The topological polar surface area (TPSA) is 46.2 Å². The lowest BCUT2D eigenvalue weighted by molar-refractivity contribution is -0.0810. The maximum Gasteiger partial charge on any atom is 0.387 e.